The van der Waals surface area contributed by atoms with Gasteiger partial charge in [-0.3, -0.25) is 4.90 Å². The van der Waals surface area contributed by atoms with Crippen LogP contribution in [0.2, 0.25) is 0 Å². The first-order valence-electron chi connectivity index (χ1n) is 8.76. The van der Waals surface area contributed by atoms with Gasteiger partial charge < -0.3 is 19.6 Å². The topological polar surface area (TPSA) is 65.0 Å². The molecule has 3 rings (SSSR count). The Morgan fingerprint density at radius 2 is 1.83 bits per heavy atom. The van der Waals surface area contributed by atoms with E-state index in [9.17, 15) is 5.11 Å². The van der Waals surface area contributed by atoms with Crippen LogP contribution < -0.4 is 9.80 Å². The molecule has 0 amide bonds. The van der Waals surface area contributed by atoms with E-state index in [1.165, 1.54) is 0 Å². The summed E-state index contributed by atoms with van der Waals surface area (Å²) >= 11 is 0. The summed E-state index contributed by atoms with van der Waals surface area (Å²) in [4.78, 5) is 15.7. The molecule has 0 atom stereocenters. The second kappa shape index (κ2) is 7.21. The molecule has 2 aliphatic rings. The smallest absolute Gasteiger partial charge is 0.226 e. The molecule has 0 spiro atoms. The first-order valence-corrected chi connectivity index (χ1v) is 8.76. The van der Waals surface area contributed by atoms with E-state index in [2.05, 4.69) is 25.8 Å². The van der Waals surface area contributed by atoms with E-state index >= 15 is 0 Å². The summed E-state index contributed by atoms with van der Waals surface area (Å²) in [6, 6.07) is 2.05. The molecule has 0 aromatic carbocycles. The first-order chi connectivity index (χ1) is 11.5. The van der Waals surface area contributed by atoms with Gasteiger partial charge in [-0.1, -0.05) is 0 Å². The summed E-state index contributed by atoms with van der Waals surface area (Å²) in [6.07, 6.45) is 1.48. The van der Waals surface area contributed by atoms with Crippen molar-refractivity contribution in [3.05, 3.63) is 11.8 Å². The standard InChI is InChI=1S/C17H29N5O2/c1-14-12-15(19-16(18-14)20(2)3)22-8-6-21(7-9-22)13-17(23)4-10-24-11-5-17/h12,23H,4-11,13H2,1-3H3. The summed E-state index contributed by atoms with van der Waals surface area (Å²) in [5.41, 5.74) is 0.409. The molecule has 0 saturated carbocycles. The van der Waals surface area contributed by atoms with Crippen molar-refractivity contribution in [3.8, 4) is 0 Å². The molecule has 7 nitrogen and oxygen atoms in total. The average Bonchev–Trinajstić information content (AvgIpc) is 2.55. The van der Waals surface area contributed by atoms with Crippen LogP contribution in [0, 0.1) is 6.92 Å². The van der Waals surface area contributed by atoms with Gasteiger partial charge in [0.15, 0.2) is 0 Å². The molecule has 2 aliphatic heterocycles. The van der Waals surface area contributed by atoms with Crippen LogP contribution in [0.25, 0.3) is 0 Å². The van der Waals surface area contributed by atoms with E-state index < -0.39 is 5.60 Å². The lowest BCUT2D eigenvalue weighted by Crippen LogP contribution is -2.53. The fourth-order valence-corrected chi connectivity index (χ4v) is 3.36. The van der Waals surface area contributed by atoms with Crippen LogP contribution in [0.4, 0.5) is 11.8 Å². The summed E-state index contributed by atoms with van der Waals surface area (Å²) in [7, 11) is 3.93. The minimum absolute atomic E-state index is 0.579. The minimum atomic E-state index is -0.579. The second-order valence-electron chi connectivity index (χ2n) is 7.16. The Bertz CT molecular complexity index is 552. The number of hydrogen-bond donors (Lipinski definition) is 1. The number of rotatable bonds is 4. The predicted molar refractivity (Wildman–Crippen MR) is 94.8 cm³/mol. The molecule has 3 heterocycles. The van der Waals surface area contributed by atoms with Gasteiger partial charge in [-0.05, 0) is 6.92 Å². The quantitative estimate of drug-likeness (QED) is 0.860. The highest BCUT2D eigenvalue weighted by atomic mass is 16.5. The van der Waals surface area contributed by atoms with Crippen molar-refractivity contribution in [3.63, 3.8) is 0 Å². The largest absolute Gasteiger partial charge is 0.388 e. The van der Waals surface area contributed by atoms with Gasteiger partial charge in [0, 0.05) is 84.6 Å². The van der Waals surface area contributed by atoms with E-state index in [1.54, 1.807) is 0 Å². The number of β-amino-alcohol motifs (C(OH)–C–C–N with tert-alkyl or cyclic N) is 1. The third kappa shape index (κ3) is 4.15. The van der Waals surface area contributed by atoms with Crippen molar-refractivity contribution in [1.29, 1.82) is 0 Å². The second-order valence-corrected chi connectivity index (χ2v) is 7.16. The molecule has 0 radical (unpaired) electrons. The lowest BCUT2D eigenvalue weighted by atomic mass is 9.93. The number of nitrogens with zero attached hydrogens (tertiary/aromatic N) is 5. The van der Waals surface area contributed by atoms with E-state index in [0.717, 1.165) is 63.0 Å². The molecule has 2 fully saturated rings. The van der Waals surface area contributed by atoms with Crippen LogP contribution in [0.3, 0.4) is 0 Å². The Balaban J connectivity index is 1.59. The number of ether oxygens (including phenoxy) is 1. The Morgan fingerprint density at radius 3 is 2.46 bits per heavy atom. The summed E-state index contributed by atoms with van der Waals surface area (Å²) in [6.45, 7) is 7.85. The maximum Gasteiger partial charge on any atom is 0.226 e. The maximum atomic E-state index is 10.7. The highest BCUT2D eigenvalue weighted by Gasteiger charge is 2.33. The van der Waals surface area contributed by atoms with E-state index in [-0.39, 0.29) is 0 Å². The lowest BCUT2D eigenvalue weighted by molar-refractivity contribution is -0.0802. The highest BCUT2D eigenvalue weighted by Crippen LogP contribution is 2.23. The van der Waals surface area contributed by atoms with Crippen LogP contribution in [0.15, 0.2) is 6.07 Å². The number of aryl methyl sites for hydroxylation is 1. The first kappa shape index (κ1) is 17.4. The van der Waals surface area contributed by atoms with Gasteiger partial charge in [0.05, 0.1) is 5.60 Å². The zero-order chi connectivity index (χ0) is 17.2. The van der Waals surface area contributed by atoms with Crippen LogP contribution >= 0.6 is 0 Å². The van der Waals surface area contributed by atoms with Gasteiger partial charge in [-0.25, -0.2) is 4.98 Å². The molecule has 7 heteroatoms. The Hall–Kier alpha value is -1.44. The Labute approximate surface area is 144 Å². The average molecular weight is 335 g/mol. The number of aromatic nitrogens is 2. The van der Waals surface area contributed by atoms with Gasteiger partial charge in [0.25, 0.3) is 0 Å². The van der Waals surface area contributed by atoms with Crippen molar-refractivity contribution in [2.24, 2.45) is 0 Å². The third-order valence-corrected chi connectivity index (χ3v) is 4.87. The van der Waals surface area contributed by atoms with E-state index in [1.807, 2.05) is 25.9 Å². The SMILES string of the molecule is Cc1cc(N2CCN(CC3(O)CCOCC3)CC2)nc(N(C)C)n1. The van der Waals surface area contributed by atoms with Crippen LogP contribution in [0.1, 0.15) is 18.5 Å². The van der Waals surface area contributed by atoms with Crippen molar-refractivity contribution in [2.75, 3.05) is 69.8 Å². The highest BCUT2D eigenvalue weighted by molar-refractivity contribution is 5.45. The van der Waals surface area contributed by atoms with E-state index in [0.29, 0.717) is 13.2 Å². The number of anilines is 2. The maximum absolute atomic E-state index is 10.7. The summed E-state index contributed by atoms with van der Waals surface area (Å²) < 4.78 is 5.37. The van der Waals surface area contributed by atoms with Gasteiger partial charge in [0.2, 0.25) is 5.95 Å². The fraction of sp³-hybridized carbons (Fsp3) is 0.765. The molecule has 2 saturated heterocycles. The molecule has 0 unspecified atom stereocenters. The predicted octanol–water partition coefficient (Wildman–Crippen LogP) is 0.515. The normalized spacial score (nSPS) is 21.8. The zero-order valence-electron chi connectivity index (χ0n) is 15.0. The van der Waals surface area contributed by atoms with Gasteiger partial charge >= 0.3 is 0 Å². The Morgan fingerprint density at radius 1 is 1.17 bits per heavy atom. The molecule has 24 heavy (non-hydrogen) atoms. The molecule has 0 bridgehead atoms. The van der Waals surface area contributed by atoms with Gasteiger partial charge in [-0.2, -0.15) is 4.98 Å². The van der Waals surface area contributed by atoms with Crippen LogP contribution in [-0.4, -0.2) is 85.6 Å². The molecular formula is C17H29N5O2. The molecule has 1 aromatic heterocycles. The number of aliphatic hydroxyl groups is 1. The minimum Gasteiger partial charge on any atom is -0.388 e. The molecule has 0 aliphatic carbocycles. The molecule has 1 aromatic rings. The third-order valence-electron chi connectivity index (χ3n) is 4.87. The lowest BCUT2D eigenvalue weighted by Gasteiger charge is -2.41. The van der Waals surface area contributed by atoms with E-state index in [4.69, 9.17) is 4.74 Å². The van der Waals surface area contributed by atoms with Crippen molar-refractivity contribution in [2.45, 2.75) is 25.4 Å². The summed E-state index contributed by atoms with van der Waals surface area (Å²) in [5.74, 6) is 1.75. The number of hydrogen-bond acceptors (Lipinski definition) is 7. The zero-order valence-corrected chi connectivity index (χ0v) is 15.0. The van der Waals surface area contributed by atoms with Crippen molar-refractivity contribution in [1.82, 2.24) is 14.9 Å². The van der Waals surface area contributed by atoms with Crippen molar-refractivity contribution < 1.29 is 9.84 Å². The molecule has 134 valence electrons. The molecule has 1 N–H and O–H groups in total. The fourth-order valence-electron chi connectivity index (χ4n) is 3.36. The number of piperazine rings is 1. The Kier molecular flexibility index (Phi) is 5.22. The monoisotopic (exact) mass is 335 g/mol. The summed E-state index contributed by atoms with van der Waals surface area (Å²) in [5, 5.41) is 10.7. The van der Waals surface area contributed by atoms with Crippen LogP contribution in [-0.2, 0) is 4.74 Å². The molecular weight excluding hydrogens is 306 g/mol. The van der Waals surface area contributed by atoms with Crippen molar-refractivity contribution >= 4 is 11.8 Å². The van der Waals surface area contributed by atoms with Gasteiger partial charge in [0.1, 0.15) is 5.82 Å². The van der Waals surface area contributed by atoms with Gasteiger partial charge in [-0.15, -0.1) is 0 Å². The van der Waals surface area contributed by atoms with Crippen LogP contribution in [0.5, 0.6) is 0 Å².